The zero-order valence-electron chi connectivity index (χ0n) is 17.3. The highest BCUT2D eigenvalue weighted by Crippen LogP contribution is 2.21. The lowest BCUT2D eigenvalue weighted by Gasteiger charge is -2.18. The fraction of sp³-hybridized carbons (Fsp3) is 0.818. The number of nitrogens with one attached hydrogen (secondary N) is 1. The van der Waals surface area contributed by atoms with Gasteiger partial charge in [-0.25, -0.2) is 0 Å². The number of carbonyl (C=O) groups excluding carboxylic acids is 2. The van der Waals surface area contributed by atoms with E-state index in [0.29, 0.717) is 6.42 Å². The van der Waals surface area contributed by atoms with Gasteiger partial charge in [-0.15, -0.1) is 0 Å². The minimum absolute atomic E-state index is 0.00349. The van der Waals surface area contributed by atoms with Crippen molar-refractivity contribution in [2.75, 3.05) is 0 Å². The van der Waals surface area contributed by atoms with Crippen molar-refractivity contribution in [2.45, 2.75) is 111 Å². The van der Waals surface area contributed by atoms with Crippen LogP contribution in [-0.2, 0) is 14.3 Å². The minimum atomic E-state index is -0.343. The average Bonchev–Trinajstić information content (AvgIpc) is 2.96. The van der Waals surface area contributed by atoms with Crippen LogP contribution in [0.5, 0.6) is 0 Å². The summed E-state index contributed by atoms with van der Waals surface area (Å²) in [6.07, 6.45) is 12.8. The summed E-state index contributed by atoms with van der Waals surface area (Å²) in [5.74, 6) is 0.108. The number of unbranched alkanes of at least 4 members (excludes halogenated alkanes) is 6. The lowest BCUT2D eigenvalue weighted by Crippen LogP contribution is -2.33. The summed E-state index contributed by atoms with van der Waals surface area (Å²) < 4.78 is 5.86. The van der Waals surface area contributed by atoms with E-state index in [1.807, 2.05) is 13.8 Å². The zero-order valence-corrected chi connectivity index (χ0v) is 17.3. The van der Waals surface area contributed by atoms with Gasteiger partial charge in [0.05, 0.1) is 0 Å². The third kappa shape index (κ3) is 8.98. The first-order chi connectivity index (χ1) is 12.5. The Kier molecular flexibility index (Phi) is 11.5. The van der Waals surface area contributed by atoms with Crippen LogP contribution in [0.15, 0.2) is 11.6 Å². The Morgan fingerprint density at radius 1 is 1.12 bits per heavy atom. The molecule has 3 atom stereocenters. The van der Waals surface area contributed by atoms with Gasteiger partial charge in [0.1, 0.15) is 12.3 Å². The maximum atomic E-state index is 12.3. The summed E-state index contributed by atoms with van der Waals surface area (Å²) in [4.78, 5) is 24.3. The zero-order chi connectivity index (χ0) is 19.4. The molecule has 150 valence electrons. The van der Waals surface area contributed by atoms with Crippen LogP contribution in [-0.4, -0.2) is 24.0 Å². The van der Waals surface area contributed by atoms with Crippen LogP contribution in [0.25, 0.3) is 0 Å². The first-order valence-corrected chi connectivity index (χ1v) is 10.6. The van der Waals surface area contributed by atoms with Crippen LogP contribution in [0.1, 0.15) is 98.3 Å². The molecule has 0 saturated carbocycles. The highest BCUT2D eigenvalue weighted by Gasteiger charge is 2.35. The van der Waals surface area contributed by atoms with Crippen LogP contribution < -0.4 is 5.32 Å². The third-order valence-electron chi connectivity index (χ3n) is 5.08. The number of carbonyl (C=O) groups is 2. The van der Waals surface area contributed by atoms with Gasteiger partial charge in [-0.1, -0.05) is 71.3 Å². The van der Waals surface area contributed by atoms with Gasteiger partial charge in [0.25, 0.3) is 5.91 Å². The molecular formula is C22H39NO3. The van der Waals surface area contributed by atoms with E-state index in [1.54, 1.807) is 6.08 Å². The molecule has 0 spiro atoms. The second kappa shape index (κ2) is 13.1. The maximum Gasteiger partial charge on any atom is 0.251 e. The normalized spacial score (nSPS) is 21.7. The van der Waals surface area contributed by atoms with Crippen LogP contribution in [0.2, 0.25) is 0 Å². The predicted molar refractivity (Wildman–Crippen MR) is 107 cm³/mol. The smallest absolute Gasteiger partial charge is 0.251 e. The third-order valence-corrected chi connectivity index (χ3v) is 5.08. The first kappa shape index (κ1) is 22.9. The summed E-state index contributed by atoms with van der Waals surface area (Å²) in [5, 5.41) is 2.91. The molecule has 0 aromatic carbocycles. The number of hydrogen-bond donors (Lipinski definition) is 1. The van der Waals surface area contributed by atoms with E-state index in [-0.39, 0.29) is 29.9 Å². The van der Waals surface area contributed by atoms with E-state index in [2.05, 4.69) is 19.2 Å². The van der Waals surface area contributed by atoms with Gasteiger partial charge in [-0.2, -0.15) is 0 Å². The van der Waals surface area contributed by atoms with E-state index in [0.717, 1.165) is 44.1 Å². The highest BCUT2D eigenvalue weighted by atomic mass is 16.5. The Bertz CT molecular complexity index is 458. The van der Waals surface area contributed by atoms with Gasteiger partial charge < -0.3 is 10.1 Å². The molecule has 0 radical (unpaired) electrons. The number of rotatable bonds is 14. The molecule has 1 amide bonds. The molecule has 4 nitrogen and oxygen atoms in total. The van der Waals surface area contributed by atoms with Crippen LogP contribution in [0.3, 0.4) is 0 Å². The monoisotopic (exact) mass is 365 g/mol. The fourth-order valence-corrected chi connectivity index (χ4v) is 3.40. The Morgan fingerprint density at radius 3 is 2.46 bits per heavy atom. The molecule has 1 N–H and O–H groups in total. The molecule has 4 heteroatoms. The predicted octanol–water partition coefficient (Wildman–Crippen LogP) is 5.31. The molecule has 1 saturated heterocycles. The SMILES string of the molecule is CCCCCCC/C(C)=C/C(=O)CC(C)C1NC(=O)C(CCCCC)O1. The molecule has 1 aliphatic heterocycles. The Morgan fingerprint density at radius 2 is 1.77 bits per heavy atom. The number of allylic oxidation sites excluding steroid dienone is 2. The number of hydrogen-bond acceptors (Lipinski definition) is 3. The molecule has 26 heavy (non-hydrogen) atoms. The second-order valence-corrected chi connectivity index (χ2v) is 7.85. The second-order valence-electron chi connectivity index (χ2n) is 7.85. The standard InChI is InChI=1S/C22H39NO3/c1-5-7-9-10-12-13-17(3)15-19(24)16-18(4)22-23-21(25)20(26-22)14-11-8-6-2/h15,18,20,22H,5-14,16H2,1-4H3,(H,23,25)/b17-15+. The summed E-state index contributed by atoms with van der Waals surface area (Å²) in [5.41, 5.74) is 1.16. The van der Waals surface area contributed by atoms with Gasteiger partial charge >= 0.3 is 0 Å². The first-order valence-electron chi connectivity index (χ1n) is 10.6. The van der Waals surface area contributed by atoms with Gasteiger partial charge in [0.15, 0.2) is 5.78 Å². The molecule has 1 fully saturated rings. The topological polar surface area (TPSA) is 55.4 Å². The van der Waals surface area contributed by atoms with Crippen LogP contribution in [0, 0.1) is 5.92 Å². The lowest BCUT2D eigenvalue weighted by molar-refractivity contribution is -0.124. The summed E-state index contributed by atoms with van der Waals surface area (Å²) in [6, 6.07) is 0. The molecule has 1 heterocycles. The lowest BCUT2D eigenvalue weighted by atomic mass is 10.00. The Hall–Kier alpha value is -1.16. The molecule has 1 rings (SSSR count). The molecule has 0 aromatic heterocycles. The van der Waals surface area contributed by atoms with Crippen molar-refractivity contribution in [1.82, 2.24) is 5.32 Å². The van der Waals surface area contributed by atoms with Gasteiger partial charge in [-0.3, -0.25) is 9.59 Å². The van der Waals surface area contributed by atoms with Crippen LogP contribution in [0.4, 0.5) is 0 Å². The van der Waals surface area contributed by atoms with Crippen molar-refractivity contribution < 1.29 is 14.3 Å². The summed E-state index contributed by atoms with van der Waals surface area (Å²) in [7, 11) is 0. The van der Waals surface area contributed by atoms with Gasteiger partial charge in [0.2, 0.25) is 0 Å². The van der Waals surface area contributed by atoms with Crippen molar-refractivity contribution >= 4 is 11.7 Å². The molecule has 1 aliphatic rings. The summed E-state index contributed by atoms with van der Waals surface area (Å²) >= 11 is 0. The number of ketones is 1. The van der Waals surface area contributed by atoms with Gasteiger partial charge in [-0.05, 0) is 32.3 Å². The minimum Gasteiger partial charge on any atom is -0.345 e. The average molecular weight is 366 g/mol. The Labute approximate surface area is 160 Å². The molecule has 3 unspecified atom stereocenters. The quantitative estimate of drug-likeness (QED) is 0.335. The van der Waals surface area contributed by atoms with Crippen molar-refractivity contribution in [3.05, 3.63) is 11.6 Å². The van der Waals surface area contributed by atoms with Crippen molar-refractivity contribution in [2.24, 2.45) is 5.92 Å². The fourth-order valence-electron chi connectivity index (χ4n) is 3.40. The van der Waals surface area contributed by atoms with Gasteiger partial charge in [0, 0.05) is 12.3 Å². The van der Waals surface area contributed by atoms with Crippen molar-refractivity contribution in [1.29, 1.82) is 0 Å². The van der Waals surface area contributed by atoms with Crippen molar-refractivity contribution in [3.8, 4) is 0 Å². The molecule has 0 aliphatic carbocycles. The van der Waals surface area contributed by atoms with E-state index >= 15 is 0 Å². The largest absolute Gasteiger partial charge is 0.345 e. The van der Waals surface area contributed by atoms with E-state index in [9.17, 15) is 9.59 Å². The molecule has 0 aromatic rings. The number of ether oxygens (including phenoxy) is 1. The molecule has 0 bridgehead atoms. The maximum absolute atomic E-state index is 12.3. The van der Waals surface area contributed by atoms with E-state index < -0.39 is 0 Å². The summed E-state index contributed by atoms with van der Waals surface area (Å²) in [6.45, 7) is 8.38. The van der Waals surface area contributed by atoms with E-state index in [1.165, 1.54) is 25.7 Å². The Balaban J connectivity index is 2.32. The van der Waals surface area contributed by atoms with E-state index in [4.69, 9.17) is 4.74 Å². The highest BCUT2D eigenvalue weighted by molar-refractivity contribution is 5.90. The number of amides is 1. The molecular weight excluding hydrogens is 326 g/mol. The van der Waals surface area contributed by atoms with Crippen LogP contribution >= 0.6 is 0 Å². The van der Waals surface area contributed by atoms with Crippen molar-refractivity contribution in [3.63, 3.8) is 0 Å².